The van der Waals surface area contributed by atoms with Crippen molar-refractivity contribution in [3.05, 3.63) is 5.76 Å². The van der Waals surface area contributed by atoms with E-state index in [1.807, 2.05) is 0 Å². The van der Waals surface area contributed by atoms with Crippen LogP contribution in [0, 0.1) is 0 Å². The lowest BCUT2D eigenvalue weighted by Gasteiger charge is -2.10. The number of cyclic esters (lactones) is 2. The molecule has 0 unspecified atom stereocenters. The van der Waals surface area contributed by atoms with E-state index in [2.05, 4.69) is 9.47 Å². The molecule has 0 aromatic carbocycles. The van der Waals surface area contributed by atoms with Crippen LogP contribution in [0.1, 0.15) is 6.42 Å². The van der Waals surface area contributed by atoms with E-state index in [0.717, 1.165) is 0 Å². The van der Waals surface area contributed by atoms with E-state index in [1.165, 1.54) is 5.94 Å². The van der Waals surface area contributed by atoms with Crippen molar-refractivity contribution in [1.29, 1.82) is 0 Å². The molecule has 1 heterocycles. The first kappa shape index (κ1) is 5.85. The molecule has 48 valence electrons. The highest BCUT2D eigenvalue weighted by Gasteiger charge is 2.15. The standard InChI is InChI=1S/C5H4O4/c6-3-4-1-2-8-5(7)9-4/h1-2H2. The molecule has 0 N–H and O–H groups in total. The molecule has 1 saturated heterocycles. The van der Waals surface area contributed by atoms with E-state index in [9.17, 15) is 9.59 Å². The zero-order valence-corrected chi connectivity index (χ0v) is 4.55. The van der Waals surface area contributed by atoms with Crippen LogP contribution in [0.4, 0.5) is 4.79 Å². The Hall–Kier alpha value is -1.28. The fourth-order valence-electron chi connectivity index (χ4n) is 0.480. The van der Waals surface area contributed by atoms with Crippen molar-refractivity contribution in [2.75, 3.05) is 6.61 Å². The van der Waals surface area contributed by atoms with E-state index >= 15 is 0 Å². The van der Waals surface area contributed by atoms with Gasteiger partial charge in [0.05, 0.1) is 6.42 Å². The summed E-state index contributed by atoms with van der Waals surface area (Å²) in [4.78, 5) is 20.0. The van der Waals surface area contributed by atoms with Crippen molar-refractivity contribution in [3.8, 4) is 0 Å². The summed E-state index contributed by atoms with van der Waals surface area (Å²) >= 11 is 0. The van der Waals surface area contributed by atoms with Crippen molar-refractivity contribution < 1.29 is 19.1 Å². The molecule has 1 rings (SSSR count). The Bertz CT molecular complexity index is 177. The Morgan fingerprint density at radius 2 is 2.33 bits per heavy atom. The molecule has 0 radical (unpaired) electrons. The minimum atomic E-state index is -0.820. The number of carbonyl (C=O) groups is 1. The first-order valence-electron chi connectivity index (χ1n) is 2.41. The number of ether oxygens (including phenoxy) is 2. The zero-order valence-electron chi connectivity index (χ0n) is 4.55. The molecule has 1 aliphatic heterocycles. The van der Waals surface area contributed by atoms with Gasteiger partial charge in [-0.05, 0) is 0 Å². The molecule has 0 aliphatic carbocycles. The molecule has 1 aliphatic rings. The summed E-state index contributed by atoms with van der Waals surface area (Å²) in [6, 6.07) is 0. The number of rotatable bonds is 0. The Labute approximate surface area is 51.1 Å². The van der Waals surface area contributed by atoms with Crippen LogP contribution in [0.2, 0.25) is 0 Å². The molecule has 0 aromatic heterocycles. The smallest absolute Gasteiger partial charge is 0.433 e. The van der Waals surface area contributed by atoms with Gasteiger partial charge < -0.3 is 9.47 Å². The van der Waals surface area contributed by atoms with Gasteiger partial charge in [-0.3, -0.25) is 0 Å². The van der Waals surface area contributed by atoms with Crippen LogP contribution >= 0.6 is 0 Å². The van der Waals surface area contributed by atoms with Crippen LogP contribution in [-0.2, 0) is 14.3 Å². The Kier molecular flexibility index (Phi) is 1.51. The second-order valence-electron chi connectivity index (χ2n) is 1.48. The van der Waals surface area contributed by atoms with E-state index in [4.69, 9.17) is 0 Å². The van der Waals surface area contributed by atoms with Gasteiger partial charge in [0, 0.05) is 0 Å². The molecule has 0 aromatic rings. The van der Waals surface area contributed by atoms with Crippen LogP contribution in [0.5, 0.6) is 0 Å². The average molecular weight is 128 g/mol. The predicted molar refractivity (Wildman–Crippen MR) is 26.3 cm³/mol. The quantitative estimate of drug-likeness (QED) is 0.347. The third-order valence-corrected chi connectivity index (χ3v) is 0.869. The maximum absolute atomic E-state index is 10.2. The molecule has 0 amide bonds. The molecule has 4 nitrogen and oxygen atoms in total. The lowest BCUT2D eigenvalue weighted by molar-refractivity contribution is 0.0501. The normalized spacial score (nSPS) is 17.8. The average Bonchev–Trinajstić information content (AvgIpc) is 1.88. The third kappa shape index (κ3) is 1.30. The lowest BCUT2D eigenvalue weighted by atomic mass is 10.4. The molecule has 0 spiro atoms. The van der Waals surface area contributed by atoms with Crippen LogP contribution < -0.4 is 0 Å². The van der Waals surface area contributed by atoms with E-state index in [0.29, 0.717) is 6.42 Å². The first-order chi connectivity index (χ1) is 4.33. The molecule has 4 heteroatoms. The molecule has 9 heavy (non-hydrogen) atoms. The maximum Gasteiger partial charge on any atom is 0.514 e. The number of hydrogen-bond acceptors (Lipinski definition) is 4. The number of carbonyl (C=O) groups excluding carboxylic acids is 2. The van der Waals surface area contributed by atoms with Gasteiger partial charge in [0.2, 0.25) is 0 Å². The SMILES string of the molecule is O=C=C1CCOC(=O)O1. The van der Waals surface area contributed by atoms with Crippen LogP contribution in [0.25, 0.3) is 0 Å². The predicted octanol–water partition coefficient (Wildman–Crippen LogP) is 0.259. The largest absolute Gasteiger partial charge is 0.514 e. The molecular formula is C5H4O4. The maximum atomic E-state index is 10.2. The zero-order chi connectivity index (χ0) is 6.69. The van der Waals surface area contributed by atoms with Gasteiger partial charge in [0.1, 0.15) is 6.61 Å². The summed E-state index contributed by atoms with van der Waals surface area (Å²) in [5, 5.41) is 0. The van der Waals surface area contributed by atoms with Gasteiger partial charge >= 0.3 is 6.16 Å². The highest BCUT2D eigenvalue weighted by molar-refractivity contribution is 5.66. The summed E-state index contributed by atoms with van der Waals surface area (Å²) in [5.74, 6) is 1.50. The lowest BCUT2D eigenvalue weighted by Crippen LogP contribution is -2.15. The molecule has 0 bridgehead atoms. The van der Waals surface area contributed by atoms with Gasteiger partial charge in [0.15, 0.2) is 11.7 Å². The van der Waals surface area contributed by atoms with E-state index in [-0.39, 0.29) is 12.4 Å². The van der Waals surface area contributed by atoms with Crippen LogP contribution in [-0.4, -0.2) is 18.7 Å². The minimum absolute atomic E-state index is 0.0197. The van der Waals surface area contributed by atoms with Gasteiger partial charge in [-0.1, -0.05) is 0 Å². The minimum Gasteiger partial charge on any atom is -0.433 e. The summed E-state index contributed by atoms with van der Waals surface area (Å²) in [5.41, 5.74) is 0. The Morgan fingerprint density at radius 3 is 2.78 bits per heavy atom. The van der Waals surface area contributed by atoms with Crippen LogP contribution in [0.15, 0.2) is 5.76 Å². The van der Waals surface area contributed by atoms with Crippen LogP contribution in [0.3, 0.4) is 0 Å². The second-order valence-corrected chi connectivity index (χ2v) is 1.48. The molecule has 0 saturated carbocycles. The van der Waals surface area contributed by atoms with Gasteiger partial charge in [-0.25, -0.2) is 9.59 Å². The monoisotopic (exact) mass is 128 g/mol. The second kappa shape index (κ2) is 2.33. The summed E-state index contributed by atoms with van der Waals surface area (Å²) in [6.45, 7) is 0.212. The summed E-state index contributed by atoms with van der Waals surface area (Å²) in [6.07, 6.45) is -0.491. The molecule has 1 fully saturated rings. The van der Waals surface area contributed by atoms with Crippen molar-refractivity contribution >= 4 is 12.1 Å². The highest BCUT2D eigenvalue weighted by Crippen LogP contribution is 2.07. The van der Waals surface area contributed by atoms with Crippen molar-refractivity contribution in [2.45, 2.75) is 6.42 Å². The third-order valence-electron chi connectivity index (χ3n) is 0.869. The van der Waals surface area contributed by atoms with Gasteiger partial charge in [-0.2, -0.15) is 0 Å². The van der Waals surface area contributed by atoms with E-state index < -0.39 is 6.16 Å². The summed E-state index contributed by atoms with van der Waals surface area (Å²) in [7, 11) is 0. The Morgan fingerprint density at radius 1 is 1.56 bits per heavy atom. The van der Waals surface area contributed by atoms with Crippen molar-refractivity contribution in [3.63, 3.8) is 0 Å². The molecule has 0 atom stereocenters. The number of hydrogen-bond donors (Lipinski definition) is 0. The summed E-state index contributed by atoms with van der Waals surface area (Å²) < 4.78 is 8.62. The van der Waals surface area contributed by atoms with Gasteiger partial charge in [0.25, 0.3) is 0 Å². The fourth-order valence-corrected chi connectivity index (χ4v) is 0.480. The topological polar surface area (TPSA) is 52.6 Å². The van der Waals surface area contributed by atoms with Crippen molar-refractivity contribution in [1.82, 2.24) is 0 Å². The van der Waals surface area contributed by atoms with Gasteiger partial charge in [-0.15, -0.1) is 0 Å². The fraction of sp³-hybridized carbons (Fsp3) is 0.400. The van der Waals surface area contributed by atoms with E-state index in [1.54, 1.807) is 0 Å². The highest BCUT2D eigenvalue weighted by atomic mass is 16.7. The molecular weight excluding hydrogens is 124 g/mol. The van der Waals surface area contributed by atoms with Crippen molar-refractivity contribution in [2.24, 2.45) is 0 Å². The first-order valence-corrected chi connectivity index (χ1v) is 2.41. The Balaban J connectivity index is 2.61.